The molecule has 0 saturated carbocycles. The largest absolute Gasteiger partial charge is 0.339 e. The zero-order valence-electron chi connectivity index (χ0n) is 11.7. The van der Waals surface area contributed by atoms with Crippen molar-refractivity contribution in [2.75, 3.05) is 0 Å². The molecule has 5 heteroatoms. The molecule has 0 bridgehead atoms. The topological polar surface area (TPSA) is 64.9 Å². The van der Waals surface area contributed by atoms with Crippen molar-refractivity contribution in [3.05, 3.63) is 48.1 Å². The van der Waals surface area contributed by atoms with Crippen LogP contribution in [0.4, 0.5) is 4.39 Å². The number of hydrogen-bond acceptors (Lipinski definition) is 4. The molecule has 1 aromatic heterocycles. The van der Waals surface area contributed by atoms with E-state index in [0.717, 1.165) is 17.4 Å². The van der Waals surface area contributed by atoms with Crippen LogP contribution in [0.5, 0.6) is 0 Å². The summed E-state index contributed by atoms with van der Waals surface area (Å²) in [6, 6.07) is 10.5. The lowest BCUT2D eigenvalue weighted by Gasteiger charge is -2.03. The molecule has 0 spiro atoms. The highest BCUT2D eigenvalue weighted by molar-refractivity contribution is 5.95. The minimum atomic E-state index is -0.255. The fourth-order valence-electron chi connectivity index (χ4n) is 2.27. The van der Waals surface area contributed by atoms with Crippen LogP contribution < -0.4 is 5.73 Å². The number of fused-ring (bicyclic) bond motifs is 1. The molecule has 108 valence electrons. The molecule has 0 aliphatic rings. The molecule has 0 aliphatic heterocycles. The van der Waals surface area contributed by atoms with Gasteiger partial charge in [0, 0.05) is 23.4 Å². The van der Waals surface area contributed by atoms with Crippen LogP contribution >= 0.6 is 0 Å². The van der Waals surface area contributed by atoms with E-state index >= 15 is 0 Å². The molecule has 4 nitrogen and oxygen atoms in total. The molecule has 2 aromatic carbocycles. The molecule has 0 radical (unpaired) electrons. The number of nitrogens with two attached hydrogens (primary N) is 1. The SMILES string of the molecule is CC(N)CCc1nc(-c2ccc(F)c3ccccc23)no1. The van der Waals surface area contributed by atoms with Gasteiger partial charge in [-0.15, -0.1) is 0 Å². The summed E-state index contributed by atoms with van der Waals surface area (Å²) in [4.78, 5) is 4.38. The van der Waals surface area contributed by atoms with Gasteiger partial charge in [0.1, 0.15) is 5.82 Å². The molecule has 3 rings (SSSR count). The van der Waals surface area contributed by atoms with E-state index in [2.05, 4.69) is 10.1 Å². The van der Waals surface area contributed by atoms with Gasteiger partial charge in [0.2, 0.25) is 11.7 Å². The van der Waals surface area contributed by atoms with E-state index in [4.69, 9.17) is 10.3 Å². The lowest BCUT2D eigenvalue weighted by atomic mass is 10.0. The summed E-state index contributed by atoms with van der Waals surface area (Å²) < 4.78 is 19.1. The number of aryl methyl sites for hydroxylation is 1. The summed E-state index contributed by atoms with van der Waals surface area (Å²) in [5, 5.41) is 5.32. The van der Waals surface area contributed by atoms with Crippen molar-refractivity contribution in [1.29, 1.82) is 0 Å². The molecule has 21 heavy (non-hydrogen) atoms. The number of nitrogens with zero attached hydrogens (tertiary/aromatic N) is 2. The lowest BCUT2D eigenvalue weighted by molar-refractivity contribution is 0.372. The van der Waals surface area contributed by atoms with Gasteiger partial charge in [-0.25, -0.2) is 4.39 Å². The minimum Gasteiger partial charge on any atom is -0.339 e. The molecule has 1 heterocycles. The van der Waals surface area contributed by atoms with E-state index in [1.165, 1.54) is 6.07 Å². The Morgan fingerprint density at radius 1 is 1.19 bits per heavy atom. The third-order valence-electron chi connectivity index (χ3n) is 3.39. The average Bonchev–Trinajstić information content (AvgIpc) is 2.94. The van der Waals surface area contributed by atoms with E-state index in [0.29, 0.717) is 23.5 Å². The predicted molar refractivity (Wildman–Crippen MR) is 79.2 cm³/mol. The van der Waals surface area contributed by atoms with Gasteiger partial charge in [-0.2, -0.15) is 4.98 Å². The van der Waals surface area contributed by atoms with Crippen molar-refractivity contribution < 1.29 is 8.91 Å². The van der Waals surface area contributed by atoms with Crippen LogP contribution in [-0.4, -0.2) is 16.2 Å². The first-order valence-electron chi connectivity index (χ1n) is 6.91. The highest BCUT2D eigenvalue weighted by Crippen LogP contribution is 2.28. The Bertz CT molecular complexity index is 767. The molecule has 1 unspecified atom stereocenters. The third-order valence-corrected chi connectivity index (χ3v) is 3.39. The van der Waals surface area contributed by atoms with E-state index in [1.807, 2.05) is 19.1 Å². The monoisotopic (exact) mass is 285 g/mol. The number of aromatic nitrogens is 2. The van der Waals surface area contributed by atoms with Gasteiger partial charge >= 0.3 is 0 Å². The maximum Gasteiger partial charge on any atom is 0.227 e. The smallest absolute Gasteiger partial charge is 0.227 e. The second-order valence-corrected chi connectivity index (χ2v) is 5.17. The summed E-state index contributed by atoms with van der Waals surface area (Å²) in [6.45, 7) is 1.94. The normalized spacial score (nSPS) is 12.7. The Kier molecular flexibility index (Phi) is 3.66. The Morgan fingerprint density at radius 2 is 1.95 bits per heavy atom. The van der Waals surface area contributed by atoms with E-state index in [-0.39, 0.29) is 11.9 Å². The second-order valence-electron chi connectivity index (χ2n) is 5.17. The second kappa shape index (κ2) is 5.61. The standard InChI is InChI=1S/C16H16FN3O/c1-10(18)6-9-15-19-16(20-21-15)13-7-8-14(17)12-5-3-2-4-11(12)13/h2-5,7-8,10H,6,9,18H2,1H3. The van der Waals surface area contributed by atoms with Crippen molar-refractivity contribution in [3.8, 4) is 11.4 Å². The zero-order valence-corrected chi connectivity index (χ0v) is 11.7. The van der Waals surface area contributed by atoms with Crippen molar-refractivity contribution in [1.82, 2.24) is 10.1 Å². The Morgan fingerprint density at radius 3 is 2.71 bits per heavy atom. The van der Waals surface area contributed by atoms with Crippen LogP contribution in [0.25, 0.3) is 22.2 Å². The van der Waals surface area contributed by atoms with Crippen LogP contribution in [0.1, 0.15) is 19.2 Å². The number of benzene rings is 2. The maximum absolute atomic E-state index is 13.8. The van der Waals surface area contributed by atoms with Crippen LogP contribution in [0.15, 0.2) is 40.9 Å². The van der Waals surface area contributed by atoms with Crippen LogP contribution in [0.2, 0.25) is 0 Å². The quantitative estimate of drug-likeness (QED) is 0.798. The van der Waals surface area contributed by atoms with Gasteiger partial charge in [0.15, 0.2) is 0 Å². The number of hydrogen-bond donors (Lipinski definition) is 1. The number of rotatable bonds is 4. The van der Waals surface area contributed by atoms with E-state index < -0.39 is 0 Å². The molecular formula is C16H16FN3O. The van der Waals surface area contributed by atoms with Crippen LogP contribution in [0, 0.1) is 5.82 Å². The summed E-state index contributed by atoms with van der Waals surface area (Å²) in [5.74, 6) is 0.775. The summed E-state index contributed by atoms with van der Waals surface area (Å²) in [7, 11) is 0. The Balaban J connectivity index is 1.99. The van der Waals surface area contributed by atoms with Gasteiger partial charge in [-0.1, -0.05) is 29.4 Å². The lowest BCUT2D eigenvalue weighted by Crippen LogP contribution is -2.15. The summed E-state index contributed by atoms with van der Waals surface area (Å²) in [5.41, 5.74) is 6.48. The first-order valence-corrected chi connectivity index (χ1v) is 6.91. The molecule has 0 amide bonds. The van der Waals surface area contributed by atoms with Crippen molar-refractivity contribution in [2.24, 2.45) is 5.73 Å². The first-order chi connectivity index (χ1) is 10.1. The molecule has 0 aliphatic carbocycles. The first kappa shape index (κ1) is 13.7. The molecule has 1 atom stereocenters. The fourth-order valence-corrected chi connectivity index (χ4v) is 2.27. The summed E-state index contributed by atoms with van der Waals surface area (Å²) >= 11 is 0. The van der Waals surface area contributed by atoms with E-state index in [9.17, 15) is 4.39 Å². The van der Waals surface area contributed by atoms with Gasteiger partial charge < -0.3 is 10.3 Å². The van der Waals surface area contributed by atoms with Crippen LogP contribution in [0.3, 0.4) is 0 Å². The molecular weight excluding hydrogens is 269 g/mol. The number of halogens is 1. The highest BCUT2D eigenvalue weighted by atomic mass is 19.1. The maximum atomic E-state index is 13.8. The van der Waals surface area contributed by atoms with Gasteiger partial charge in [-0.3, -0.25) is 0 Å². The zero-order chi connectivity index (χ0) is 14.8. The molecule has 3 aromatic rings. The summed E-state index contributed by atoms with van der Waals surface area (Å²) in [6.07, 6.45) is 1.43. The van der Waals surface area contributed by atoms with Crippen molar-refractivity contribution in [3.63, 3.8) is 0 Å². The van der Waals surface area contributed by atoms with Gasteiger partial charge in [0.25, 0.3) is 0 Å². The third kappa shape index (κ3) is 2.78. The van der Waals surface area contributed by atoms with Crippen LogP contribution in [-0.2, 0) is 6.42 Å². The highest BCUT2D eigenvalue weighted by Gasteiger charge is 2.13. The van der Waals surface area contributed by atoms with E-state index in [1.54, 1.807) is 18.2 Å². The molecule has 0 saturated heterocycles. The predicted octanol–water partition coefficient (Wildman–Crippen LogP) is 3.31. The van der Waals surface area contributed by atoms with Gasteiger partial charge in [-0.05, 0) is 30.9 Å². The van der Waals surface area contributed by atoms with Crippen molar-refractivity contribution >= 4 is 10.8 Å². The molecule has 2 N–H and O–H groups in total. The van der Waals surface area contributed by atoms with Gasteiger partial charge in [0.05, 0.1) is 0 Å². The minimum absolute atomic E-state index is 0.0898. The fraction of sp³-hybridized carbons (Fsp3) is 0.250. The Hall–Kier alpha value is -2.27. The molecule has 0 fully saturated rings. The average molecular weight is 285 g/mol. The Labute approximate surface area is 121 Å². The van der Waals surface area contributed by atoms with Crippen molar-refractivity contribution in [2.45, 2.75) is 25.8 Å².